The van der Waals surface area contributed by atoms with Gasteiger partial charge in [-0.1, -0.05) is 6.07 Å². The maximum atomic E-state index is 5.73. The second-order valence-corrected chi connectivity index (χ2v) is 8.55. The molecule has 0 N–H and O–H groups in total. The molecule has 156 valence electrons. The SMILES string of the molecule is COc1cccc(-c2nc3cc4c(cc3cc2CN2CCSCC2)OCO4)c1OC. The van der Waals surface area contributed by atoms with Gasteiger partial charge in [-0.15, -0.1) is 0 Å². The number of thioether (sulfide) groups is 1. The van der Waals surface area contributed by atoms with Crippen molar-refractivity contribution in [2.75, 3.05) is 45.6 Å². The molecule has 1 fully saturated rings. The van der Waals surface area contributed by atoms with Gasteiger partial charge in [0.15, 0.2) is 23.0 Å². The second-order valence-electron chi connectivity index (χ2n) is 7.32. The predicted molar refractivity (Wildman–Crippen MR) is 119 cm³/mol. The number of fused-ring (bicyclic) bond motifs is 2. The summed E-state index contributed by atoms with van der Waals surface area (Å²) in [7, 11) is 3.32. The van der Waals surface area contributed by atoms with E-state index >= 15 is 0 Å². The summed E-state index contributed by atoms with van der Waals surface area (Å²) < 4.78 is 22.4. The molecule has 0 atom stereocenters. The highest BCUT2D eigenvalue weighted by Crippen LogP contribution is 2.41. The quantitative estimate of drug-likeness (QED) is 0.608. The molecule has 0 spiro atoms. The molecule has 2 aliphatic heterocycles. The van der Waals surface area contributed by atoms with E-state index in [0.717, 1.165) is 64.8 Å². The molecule has 0 radical (unpaired) electrons. The molecule has 3 aromatic rings. The van der Waals surface area contributed by atoms with Gasteiger partial charge in [-0.25, -0.2) is 4.98 Å². The molecule has 30 heavy (non-hydrogen) atoms. The number of rotatable bonds is 5. The Morgan fingerprint density at radius 1 is 1.03 bits per heavy atom. The Hall–Kier alpha value is -2.64. The summed E-state index contributed by atoms with van der Waals surface area (Å²) in [5.41, 5.74) is 3.88. The highest BCUT2D eigenvalue weighted by Gasteiger charge is 2.21. The molecule has 2 aromatic carbocycles. The minimum atomic E-state index is 0.251. The number of benzene rings is 2. The second kappa shape index (κ2) is 8.24. The number of hydrogen-bond donors (Lipinski definition) is 0. The average molecular weight is 425 g/mol. The van der Waals surface area contributed by atoms with E-state index in [4.69, 9.17) is 23.9 Å². The van der Waals surface area contributed by atoms with E-state index in [1.54, 1.807) is 14.2 Å². The van der Waals surface area contributed by atoms with E-state index < -0.39 is 0 Å². The van der Waals surface area contributed by atoms with Gasteiger partial charge in [0.05, 0.1) is 25.4 Å². The Morgan fingerprint density at radius 3 is 2.60 bits per heavy atom. The van der Waals surface area contributed by atoms with Crippen molar-refractivity contribution in [2.24, 2.45) is 0 Å². The Bertz CT molecular complexity index is 1080. The molecule has 0 aliphatic carbocycles. The van der Waals surface area contributed by atoms with Gasteiger partial charge in [0.1, 0.15) is 0 Å². The lowest BCUT2D eigenvalue weighted by Crippen LogP contribution is -2.32. The third kappa shape index (κ3) is 3.52. The van der Waals surface area contributed by atoms with Crippen molar-refractivity contribution in [2.45, 2.75) is 6.54 Å². The molecule has 0 bridgehead atoms. The number of pyridine rings is 1. The maximum Gasteiger partial charge on any atom is 0.231 e. The Balaban J connectivity index is 1.68. The smallest absolute Gasteiger partial charge is 0.231 e. The van der Waals surface area contributed by atoms with Crippen LogP contribution in [-0.4, -0.2) is 55.5 Å². The van der Waals surface area contributed by atoms with Crippen molar-refractivity contribution in [3.05, 3.63) is 42.0 Å². The summed E-state index contributed by atoms with van der Waals surface area (Å²) >= 11 is 2.01. The number of para-hydroxylation sites is 1. The van der Waals surface area contributed by atoms with E-state index in [1.165, 1.54) is 5.56 Å². The summed E-state index contributed by atoms with van der Waals surface area (Å²) in [4.78, 5) is 7.56. The van der Waals surface area contributed by atoms with Crippen molar-refractivity contribution in [3.8, 4) is 34.3 Å². The van der Waals surface area contributed by atoms with Gasteiger partial charge in [-0.2, -0.15) is 11.8 Å². The van der Waals surface area contributed by atoms with Crippen molar-refractivity contribution >= 4 is 22.7 Å². The van der Waals surface area contributed by atoms with Gasteiger partial charge in [0.25, 0.3) is 0 Å². The molecule has 1 aromatic heterocycles. The fourth-order valence-corrected chi connectivity index (χ4v) is 5.01. The lowest BCUT2D eigenvalue weighted by Gasteiger charge is -2.27. The predicted octanol–water partition coefficient (Wildman–Crippen LogP) is 4.20. The standard InChI is InChI=1S/C23H24N2O4S/c1-26-19-5-3-4-17(23(19)27-2)22-16(13-25-6-8-30-9-7-25)10-15-11-20-21(29-14-28-20)12-18(15)24-22/h3-5,10-12H,6-9,13-14H2,1-2H3. The van der Waals surface area contributed by atoms with Crippen LogP contribution in [0.25, 0.3) is 22.2 Å². The van der Waals surface area contributed by atoms with Crippen LogP contribution in [0.1, 0.15) is 5.56 Å². The molecule has 0 saturated carbocycles. The van der Waals surface area contributed by atoms with Crippen LogP contribution in [0.3, 0.4) is 0 Å². The zero-order valence-corrected chi connectivity index (χ0v) is 18.0. The first-order valence-corrected chi connectivity index (χ1v) is 11.2. The van der Waals surface area contributed by atoms with Gasteiger partial charge in [0, 0.05) is 48.2 Å². The number of hydrogen-bond acceptors (Lipinski definition) is 7. The minimum absolute atomic E-state index is 0.251. The van der Waals surface area contributed by atoms with Crippen molar-refractivity contribution in [1.29, 1.82) is 0 Å². The summed E-state index contributed by atoms with van der Waals surface area (Å²) in [5.74, 6) is 5.23. The fraction of sp³-hybridized carbons (Fsp3) is 0.348. The molecular weight excluding hydrogens is 400 g/mol. The Morgan fingerprint density at radius 2 is 1.83 bits per heavy atom. The molecular formula is C23H24N2O4S. The molecule has 0 unspecified atom stereocenters. The monoisotopic (exact) mass is 424 g/mol. The van der Waals surface area contributed by atoms with E-state index in [9.17, 15) is 0 Å². The lowest BCUT2D eigenvalue weighted by molar-refractivity contribution is 0.174. The Kier molecular flexibility index (Phi) is 5.31. The van der Waals surface area contributed by atoms with Crippen LogP contribution in [0.15, 0.2) is 36.4 Å². The summed E-state index contributed by atoms with van der Waals surface area (Å²) in [5, 5.41) is 1.05. The third-order valence-electron chi connectivity index (χ3n) is 5.54. The first-order valence-electron chi connectivity index (χ1n) is 10.0. The molecule has 5 rings (SSSR count). The largest absolute Gasteiger partial charge is 0.493 e. The zero-order valence-electron chi connectivity index (χ0n) is 17.1. The van der Waals surface area contributed by atoms with Crippen molar-refractivity contribution in [3.63, 3.8) is 0 Å². The topological polar surface area (TPSA) is 53.1 Å². The maximum absolute atomic E-state index is 5.73. The highest BCUT2D eigenvalue weighted by atomic mass is 32.2. The Labute approximate surface area is 180 Å². The number of ether oxygens (including phenoxy) is 4. The normalized spacial score (nSPS) is 16.1. The van der Waals surface area contributed by atoms with E-state index in [0.29, 0.717) is 11.5 Å². The molecule has 0 amide bonds. The van der Waals surface area contributed by atoms with Crippen molar-refractivity contribution in [1.82, 2.24) is 9.88 Å². The van der Waals surface area contributed by atoms with Crippen LogP contribution >= 0.6 is 11.8 Å². The first-order chi connectivity index (χ1) is 14.8. The van der Waals surface area contributed by atoms with Gasteiger partial charge in [0.2, 0.25) is 6.79 Å². The molecule has 1 saturated heterocycles. The average Bonchev–Trinajstić information content (AvgIpc) is 3.24. The van der Waals surface area contributed by atoms with Crippen LogP contribution in [0.4, 0.5) is 0 Å². The fourth-order valence-electron chi connectivity index (χ4n) is 4.04. The molecule has 6 nitrogen and oxygen atoms in total. The van der Waals surface area contributed by atoms with Gasteiger partial charge in [-0.05, 0) is 29.8 Å². The molecule has 2 aliphatic rings. The summed E-state index contributed by atoms with van der Waals surface area (Å²) in [6.45, 7) is 3.26. The summed E-state index contributed by atoms with van der Waals surface area (Å²) in [6, 6.07) is 12.1. The number of aromatic nitrogens is 1. The van der Waals surface area contributed by atoms with Crippen molar-refractivity contribution < 1.29 is 18.9 Å². The van der Waals surface area contributed by atoms with Crippen LogP contribution in [-0.2, 0) is 6.54 Å². The van der Waals surface area contributed by atoms with Crippen LogP contribution < -0.4 is 18.9 Å². The van der Waals surface area contributed by atoms with E-state index in [-0.39, 0.29) is 6.79 Å². The van der Waals surface area contributed by atoms with Crippen LogP contribution in [0, 0.1) is 0 Å². The van der Waals surface area contributed by atoms with Gasteiger partial charge in [-0.3, -0.25) is 4.90 Å². The van der Waals surface area contributed by atoms with Crippen LogP contribution in [0.5, 0.6) is 23.0 Å². The lowest BCUT2D eigenvalue weighted by atomic mass is 10.0. The number of methoxy groups -OCH3 is 2. The molecule has 7 heteroatoms. The van der Waals surface area contributed by atoms with E-state index in [1.807, 2.05) is 42.1 Å². The number of nitrogens with zero attached hydrogens (tertiary/aromatic N) is 2. The van der Waals surface area contributed by atoms with Gasteiger partial charge < -0.3 is 18.9 Å². The van der Waals surface area contributed by atoms with Gasteiger partial charge >= 0.3 is 0 Å². The first kappa shape index (κ1) is 19.3. The minimum Gasteiger partial charge on any atom is -0.493 e. The zero-order chi connectivity index (χ0) is 20.5. The van der Waals surface area contributed by atoms with Crippen LogP contribution in [0.2, 0.25) is 0 Å². The summed E-state index contributed by atoms with van der Waals surface area (Å²) in [6.07, 6.45) is 0. The molecule has 3 heterocycles. The third-order valence-corrected chi connectivity index (χ3v) is 6.49. The van der Waals surface area contributed by atoms with E-state index in [2.05, 4.69) is 11.0 Å². The highest BCUT2D eigenvalue weighted by molar-refractivity contribution is 7.99.